The quantitative estimate of drug-likeness (QED) is 0.101. The molecule has 38 heavy (non-hydrogen) atoms. The van der Waals surface area contributed by atoms with Crippen molar-refractivity contribution in [3.05, 3.63) is 0 Å². The van der Waals surface area contributed by atoms with Crippen LogP contribution in [0.5, 0.6) is 0 Å². The van der Waals surface area contributed by atoms with Crippen molar-refractivity contribution >= 4 is 23.6 Å². The van der Waals surface area contributed by atoms with E-state index < -0.39 is 24.0 Å². The zero-order valence-electron chi connectivity index (χ0n) is 23.4. The third-order valence-electron chi connectivity index (χ3n) is 5.32. The molecule has 0 aliphatic carbocycles. The molecule has 0 spiro atoms. The molecule has 0 heterocycles. The number of nitrogens with one attached hydrogen (secondary N) is 3. The van der Waals surface area contributed by atoms with Crippen molar-refractivity contribution in [1.29, 1.82) is 0 Å². The molecule has 0 radical (unpaired) electrons. The highest BCUT2D eigenvalue weighted by molar-refractivity contribution is 5.93. The predicted molar refractivity (Wildman–Crippen MR) is 142 cm³/mol. The van der Waals surface area contributed by atoms with Crippen molar-refractivity contribution in [2.24, 2.45) is 23.3 Å². The number of amides is 4. The zero-order chi connectivity index (χ0) is 28.8. The molecule has 4 amide bonds. The van der Waals surface area contributed by atoms with Gasteiger partial charge in [0.25, 0.3) is 0 Å². The molecule has 0 aliphatic rings. The lowest BCUT2D eigenvalue weighted by atomic mass is 9.96. The minimum atomic E-state index is -0.808. The fourth-order valence-corrected chi connectivity index (χ4v) is 3.26. The standard InChI is InChI=1S/C25H49N5O8/c1-18(2)22(24(33)29-20(23(32)19(3)4)6-5-9-28-25(27)34)30-21(31)7-10-35-12-14-37-16-17-38-15-13-36-11-8-26/h18-20,22H,5-17,26H2,1-4H3,(H,29,33)(H,30,31)(H3,27,28,34). The van der Waals surface area contributed by atoms with E-state index >= 15 is 0 Å². The van der Waals surface area contributed by atoms with Crippen LogP contribution in [0.15, 0.2) is 0 Å². The van der Waals surface area contributed by atoms with Gasteiger partial charge in [0.2, 0.25) is 11.8 Å². The Morgan fingerprint density at radius 2 is 1.29 bits per heavy atom. The SMILES string of the molecule is CC(C)C(=O)C(CCCNC(N)=O)NC(=O)C(NC(=O)CCOCCOCCOCCOCCN)C(C)C. The van der Waals surface area contributed by atoms with E-state index in [-0.39, 0.29) is 36.6 Å². The number of ketones is 1. The average molecular weight is 548 g/mol. The first-order valence-electron chi connectivity index (χ1n) is 13.3. The van der Waals surface area contributed by atoms with Crippen LogP contribution in [0.3, 0.4) is 0 Å². The predicted octanol–water partition coefficient (Wildman–Crippen LogP) is -0.299. The lowest BCUT2D eigenvalue weighted by molar-refractivity contribution is -0.133. The third-order valence-corrected chi connectivity index (χ3v) is 5.32. The highest BCUT2D eigenvalue weighted by atomic mass is 16.6. The Balaban J connectivity index is 4.33. The van der Waals surface area contributed by atoms with Gasteiger partial charge in [-0.15, -0.1) is 0 Å². The van der Waals surface area contributed by atoms with Crippen LogP contribution in [-0.2, 0) is 33.3 Å². The van der Waals surface area contributed by atoms with E-state index in [1.165, 1.54) is 0 Å². The maximum atomic E-state index is 12.9. The summed E-state index contributed by atoms with van der Waals surface area (Å²) in [6.07, 6.45) is 0.881. The van der Waals surface area contributed by atoms with Crippen molar-refractivity contribution < 1.29 is 38.1 Å². The second kappa shape index (κ2) is 22.6. The van der Waals surface area contributed by atoms with Gasteiger partial charge in [0.1, 0.15) is 6.04 Å². The number of carbonyl (C=O) groups excluding carboxylic acids is 4. The van der Waals surface area contributed by atoms with Gasteiger partial charge in [-0.1, -0.05) is 27.7 Å². The maximum Gasteiger partial charge on any atom is 0.312 e. The minimum Gasteiger partial charge on any atom is -0.379 e. The van der Waals surface area contributed by atoms with Crippen LogP contribution in [0.2, 0.25) is 0 Å². The first-order chi connectivity index (χ1) is 18.1. The molecule has 2 atom stereocenters. The van der Waals surface area contributed by atoms with Gasteiger partial charge in [-0.25, -0.2) is 4.79 Å². The molecule has 0 saturated heterocycles. The van der Waals surface area contributed by atoms with Crippen LogP contribution < -0.4 is 27.4 Å². The van der Waals surface area contributed by atoms with Gasteiger partial charge in [0, 0.05) is 25.4 Å². The Hall–Kier alpha value is -2.32. The summed E-state index contributed by atoms with van der Waals surface area (Å²) in [4.78, 5) is 48.8. The van der Waals surface area contributed by atoms with Crippen molar-refractivity contribution in [2.45, 2.75) is 59.0 Å². The summed E-state index contributed by atoms with van der Waals surface area (Å²) in [5.41, 5.74) is 10.4. The Morgan fingerprint density at radius 1 is 0.763 bits per heavy atom. The number of rotatable bonds is 24. The zero-order valence-corrected chi connectivity index (χ0v) is 23.4. The van der Waals surface area contributed by atoms with E-state index in [1.807, 2.05) is 13.8 Å². The number of hydrogen-bond donors (Lipinski definition) is 5. The van der Waals surface area contributed by atoms with E-state index in [4.69, 9.17) is 30.4 Å². The number of ether oxygens (including phenoxy) is 4. The maximum absolute atomic E-state index is 12.9. The summed E-state index contributed by atoms with van der Waals surface area (Å²) >= 11 is 0. The molecule has 0 aromatic rings. The molecule has 0 fully saturated rings. The van der Waals surface area contributed by atoms with Gasteiger partial charge in [-0.05, 0) is 18.8 Å². The number of hydrogen-bond acceptors (Lipinski definition) is 9. The third kappa shape index (κ3) is 18.9. The van der Waals surface area contributed by atoms with Crippen molar-refractivity contribution in [1.82, 2.24) is 16.0 Å². The molecular formula is C25H49N5O8. The van der Waals surface area contributed by atoms with Gasteiger partial charge in [0.05, 0.1) is 58.9 Å². The summed E-state index contributed by atoms with van der Waals surface area (Å²) in [5.74, 6) is -1.37. The second-order valence-electron chi connectivity index (χ2n) is 9.33. The van der Waals surface area contributed by atoms with E-state index in [9.17, 15) is 19.2 Å². The van der Waals surface area contributed by atoms with Crippen LogP contribution in [0.25, 0.3) is 0 Å². The lowest BCUT2D eigenvalue weighted by Gasteiger charge is -2.26. The van der Waals surface area contributed by atoms with Crippen LogP contribution >= 0.6 is 0 Å². The fraction of sp³-hybridized carbons (Fsp3) is 0.840. The molecule has 2 unspecified atom stereocenters. The molecule has 0 aromatic heterocycles. The van der Waals surface area contributed by atoms with Gasteiger partial charge < -0.3 is 46.4 Å². The fourth-order valence-electron chi connectivity index (χ4n) is 3.26. The monoisotopic (exact) mass is 547 g/mol. The van der Waals surface area contributed by atoms with E-state index in [2.05, 4.69) is 16.0 Å². The van der Waals surface area contributed by atoms with Crippen molar-refractivity contribution in [2.75, 3.05) is 65.9 Å². The van der Waals surface area contributed by atoms with Crippen LogP contribution in [0.1, 0.15) is 47.0 Å². The van der Waals surface area contributed by atoms with Crippen molar-refractivity contribution in [3.8, 4) is 0 Å². The topological polar surface area (TPSA) is 193 Å². The Kier molecular flexibility index (Phi) is 21.3. The van der Waals surface area contributed by atoms with Gasteiger partial charge in [-0.3, -0.25) is 14.4 Å². The Bertz CT molecular complexity index is 678. The summed E-state index contributed by atoms with van der Waals surface area (Å²) in [5, 5.41) is 7.97. The number of Topliss-reactive ketones (excluding diaryl/α,β-unsaturated/α-hetero) is 1. The smallest absolute Gasteiger partial charge is 0.312 e. The number of nitrogens with two attached hydrogens (primary N) is 2. The van der Waals surface area contributed by atoms with Gasteiger partial charge in [0.15, 0.2) is 5.78 Å². The van der Waals surface area contributed by atoms with E-state index in [1.54, 1.807) is 13.8 Å². The van der Waals surface area contributed by atoms with Gasteiger partial charge >= 0.3 is 6.03 Å². The summed E-state index contributed by atoms with van der Waals surface area (Å²) in [6.45, 7) is 11.1. The van der Waals surface area contributed by atoms with E-state index in [0.29, 0.717) is 72.2 Å². The minimum absolute atomic E-state index is 0.0789. The first-order valence-corrected chi connectivity index (χ1v) is 13.3. The second-order valence-corrected chi connectivity index (χ2v) is 9.33. The van der Waals surface area contributed by atoms with E-state index in [0.717, 1.165) is 0 Å². The molecule has 0 aromatic carbocycles. The first kappa shape index (κ1) is 35.7. The summed E-state index contributed by atoms with van der Waals surface area (Å²) in [7, 11) is 0. The molecule has 0 rings (SSSR count). The lowest BCUT2D eigenvalue weighted by Crippen LogP contribution is -2.54. The molecule has 0 saturated carbocycles. The van der Waals surface area contributed by atoms with Crippen LogP contribution in [0.4, 0.5) is 4.79 Å². The molecule has 0 bridgehead atoms. The molecule has 13 nitrogen and oxygen atoms in total. The summed E-state index contributed by atoms with van der Waals surface area (Å²) < 4.78 is 21.4. The number of urea groups is 1. The van der Waals surface area contributed by atoms with Crippen LogP contribution in [0, 0.1) is 11.8 Å². The molecule has 7 N–H and O–H groups in total. The Morgan fingerprint density at radius 3 is 1.76 bits per heavy atom. The molecule has 13 heteroatoms. The number of primary amides is 1. The number of carbonyl (C=O) groups is 4. The molecule has 222 valence electrons. The van der Waals surface area contributed by atoms with Crippen LogP contribution in [-0.4, -0.2) is 102 Å². The largest absolute Gasteiger partial charge is 0.379 e. The normalized spacial score (nSPS) is 12.8. The highest BCUT2D eigenvalue weighted by Gasteiger charge is 2.29. The molecular weight excluding hydrogens is 498 g/mol. The Labute approximate surface area is 226 Å². The van der Waals surface area contributed by atoms with Gasteiger partial charge in [-0.2, -0.15) is 0 Å². The average Bonchev–Trinajstić information content (AvgIpc) is 2.86. The van der Waals surface area contributed by atoms with Crippen molar-refractivity contribution in [3.63, 3.8) is 0 Å². The highest BCUT2D eigenvalue weighted by Crippen LogP contribution is 2.09. The molecule has 0 aliphatic heterocycles. The summed E-state index contributed by atoms with van der Waals surface area (Å²) in [6, 6.07) is -2.18.